The minimum atomic E-state index is 0.211. The molecular weight excluding hydrogens is 266 g/mol. The van der Waals surface area contributed by atoms with Gasteiger partial charge < -0.3 is 9.32 Å². The number of hydrogen-bond acceptors (Lipinski definition) is 3. The zero-order chi connectivity index (χ0) is 14.7. The molecule has 1 aliphatic rings. The van der Waals surface area contributed by atoms with Crippen molar-refractivity contribution in [3.05, 3.63) is 41.6 Å². The number of H-pyrrole nitrogens is 1. The maximum absolute atomic E-state index is 12.3. The van der Waals surface area contributed by atoms with Crippen LogP contribution in [0.4, 0.5) is 0 Å². The summed E-state index contributed by atoms with van der Waals surface area (Å²) in [4.78, 5) is 14.3. The third kappa shape index (κ3) is 3.35. The van der Waals surface area contributed by atoms with Gasteiger partial charge in [0.1, 0.15) is 5.76 Å². The lowest BCUT2D eigenvalue weighted by Gasteiger charge is -2.32. The molecule has 2 aromatic rings. The topological polar surface area (TPSA) is 62.1 Å². The van der Waals surface area contributed by atoms with Gasteiger partial charge in [0.05, 0.1) is 12.0 Å². The van der Waals surface area contributed by atoms with Crippen LogP contribution in [-0.4, -0.2) is 34.1 Å². The van der Waals surface area contributed by atoms with E-state index in [9.17, 15) is 4.79 Å². The second-order valence-electron chi connectivity index (χ2n) is 5.73. The summed E-state index contributed by atoms with van der Waals surface area (Å²) in [5.41, 5.74) is 2.15. The van der Waals surface area contributed by atoms with Gasteiger partial charge in [-0.15, -0.1) is 0 Å². The van der Waals surface area contributed by atoms with Gasteiger partial charge in [-0.25, -0.2) is 0 Å². The molecule has 1 fully saturated rings. The summed E-state index contributed by atoms with van der Waals surface area (Å²) in [5, 5.41) is 7.33. The minimum Gasteiger partial charge on any atom is -0.469 e. The number of hydrogen-bond donors (Lipinski definition) is 1. The molecule has 5 nitrogen and oxygen atoms in total. The summed E-state index contributed by atoms with van der Waals surface area (Å²) in [5.74, 6) is 1.44. The van der Waals surface area contributed by atoms with Crippen LogP contribution >= 0.6 is 0 Å². The maximum atomic E-state index is 12.3. The van der Waals surface area contributed by atoms with Gasteiger partial charge >= 0.3 is 0 Å². The fourth-order valence-corrected chi connectivity index (χ4v) is 2.94. The number of carbonyl (C=O) groups excluding carboxylic acids is 1. The predicted molar refractivity (Wildman–Crippen MR) is 78.9 cm³/mol. The fourth-order valence-electron chi connectivity index (χ4n) is 2.94. The second kappa shape index (κ2) is 6.16. The zero-order valence-electron chi connectivity index (χ0n) is 12.3. The second-order valence-corrected chi connectivity index (χ2v) is 5.73. The SMILES string of the molecule is Cc1cc([C@H]2CCCN(C(=O)CCc3ccco3)C2)n[nH]1. The van der Waals surface area contributed by atoms with Crippen LogP contribution in [0.3, 0.4) is 0 Å². The third-order valence-corrected chi connectivity index (χ3v) is 4.08. The molecule has 21 heavy (non-hydrogen) atoms. The highest BCUT2D eigenvalue weighted by Gasteiger charge is 2.26. The minimum absolute atomic E-state index is 0.211. The number of nitrogens with zero attached hydrogens (tertiary/aromatic N) is 2. The highest BCUT2D eigenvalue weighted by atomic mass is 16.3. The molecule has 0 bridgehead atoms. The van der Waals surface area contributed by atoms with Crippen LogP contribution < -0.4 is 0 Å². The number of furan rings is 1. The Labute approximate surface area is 124 Å². The first-order valence-electron chi connectivity index (χ1n) is 7.54. The van der Waals surface area contributed by atoms with Crippen LogP contribution in [0.5, 0.6) is 0 Å². The molecule has 2 aromatic heterocycles. The summed E-state index contributed by atoms with van der Waals surface area (Å²) in [6, 6.07) is 5.86. The normalized spacial score (nSPS) is 18.9. The van der Waals surface area contributed by atoms with Gasteiger partial charge in [0.25, 0.3) is 0 Å². The van der Waals surface area contributed by atoms with E-state index in [0.717, 1.165) is 43.1 Å². The van der Waals surface area contributed by atoms with Crippen molar-refractivity contribution in [3.63, 3.8) is 0 Å². The molecule has 0 unspecified atom stereocenters. The Bertz CT molecular complexity index is 588. The Morgan fingerprint density at radius 3 is 3.19 bits per heavy atom. The van der Waals surface area contributed by atoms with E-state index in [4.69, 9.17) is 4.42 Å². The van der Waals surface area contributed by atoms with Gasteiger partial charge in [0, 0.05) is 37.5 Å². The van der Waals surface area contributed by atoms with E-state index in [2.05, 4.69) is 16.3 Å². The Kier molecular flexibility index (Phi) is 4.08. The summed E-state index contributed by atoms with van der Waals surface area (Å²) < 4.78 is 5.28. The van der Waals surface area contributed by atoms with E-state index < -0.39 is 0 Å². The number of aromatic amines is 1. The zero-order valence-corrected chi connectivity index (χ0v) is 12.3. The molecule has 1 amide bonds. The first-order valence-corrected chi connectivity index (χ1v) is 7.54. The smallest absolute Gasteiger partial charge is 0.223 e. The van der Waals surface area contributed by atoms with E-state index >= 15 is 0 Å². The van der Waals surface area contributed by atoms with Crippen molar-refractivity contribution in [3.8, 4) is 0 Å². The molecule has 0 aliphatic carbocycles. The Morgan fingerprint density at radius 2 is 2.48 bits per heavy atom. The fraction of sp³-hybridized carbons (Fsp3) is 0.500. The van der Waals surface area contributed by atoms with E-state index in [-0.39, 0.29) is 5.91 Å². The standard InChI is InChI=1S/C16H21N3O2/c1-12-10-15(18-17-12)13-4-2-8-19(11-13)16(20)7-6-14-5-3-9-21-14/h3,5,9-10,13H,2,4,6-8,11H2,1H3,(H,17,18)/t13-/m0/s1. The van der Waals surface area contributed by atoms with Crippen molar-refractivity contribution >= 4 is 5.91 Å². The number of nitrogens with one attached hydrogen (secondary N) is 1. The highest BCUT2D eigenvalue weighted by Crippen LogP contribution is 2.26. The largest absolute Gasteiger partial charge is 0.469 e. The Hall–Kier alpha value is -2.04. The number of likely N-dealkylation sites (tertiary alicyclic amines) is 1. The first kappa shape index (κ1) is 13.9. The van der Waals surface area contributed by atoms with E-state index in [1.54, 1.807) is 6.26 Å². The number of amides is 1. The van der Waals surface area contributed by atoms with Gasteiger partial charge in [-0.3, -0.25) is 9.89 Å². The average Bonchev–Trinajstić information content (AvgIpc) is 3.16. The van der Waals surface area contributed by atoms with Crippen LogP contribution in [0.15, 0.2) is 28.9 Å². The van der Waals surface area contributed by atoms with Crippen LogP contribution in [-0.2, 0) is 11.2 Å². The molecule has 1 saturated heterocycles. The lowest BCUT2D eigenvalue weighted by atomic mass is 9.94. The molecular formula is C16H21N3O2. The van der Waals surface area contributed by atoms with Crippen LogP contribution in [0.25, 0.3) is 0 Å². The Balaban J connectivity index is 1.56. The predicted octanol–water partition coefficient (Wildman–Crippen LogP) is 2.65. The van der Waals surface area contributed by atoms with Gasteiger partial charge in [-0.2, -0.15) is 5.10 Å². The summed E-state index contributed by atoms with van der Waals surface area (Å²) in [7, 11) is 0. The molecule has 5 heteroatoms. The van der Waals surface area contributed by atoms with Crippen molar-refractivity contribution in [2.75, 3.05) is 13.1 Å². The van der Waals surface area contributed by atoms with Crippen molar-refractivity contribution in [1.82, 2.24) is 15.1 Å². The summed E-state index contributed by atoms with van der Waals surface area (Å²) in [6.07, 6.45) is 4.99. The van der Waals surface area contributed by atoms with Crippen LogP contribution in [0.1, 0.15) is 42.3 Å². The molecule has 1 atom stereocenters. The van der Waals surface area contributed by atoms with Crippen molar-refractivity contribution in [2.45, 2.75) is 38.5 Å². The van der Waals surface area contributed by atoms with Crippen LogP contribution in [0, 0.1) is 6.92 Å². The first-order chi connectivity index (χ1) is 10.2. The molecule has 0 aromatic carbocycles. The molecule has 3 heterocycles. The number of aromatic nitrogens is 2. The molecule has 0 spiro atoms. The van der Waals surface area contributed by atoms with E-state index in [0.29, 0.717) is 18.8 Å². The lowest BCUT2D eigenvalue weighted by Crippen LogP contribution is -2.39. The quantitative estimate of drug-likeness (QED) is 0.940. The maximum Gasteiger partial charge on any atom is 0.223 e. The van der Waals surface area contributed by atoms with Gasteiger partial charge in [0.15, 0.2) is 0 Å². The average molecular weight is 287 g/mol. The molecule has 1 aliphatic heterocycles. The van der Waals surface area contributed by atoms with E-state index in [1.165, 1.54) is 0 Å². The van der Waals surface area contributed by atoms with E-state index in [1.807, 2.05) is 24.0 Å². The highest BCUT2D eigenvalue weighted by molar-refractivity contribution is 5.76. The molecule has 0 saturated carbocycles. The summed E-state index contributed by atoms with van der Waals surface area (Å²) >= 11 is 0. The molecule has 1 N–H and O–H groups in total. The number of aryl methyl sites for hydroxylation is 2. The van der Waals surface area contributed by atoms with Gasteiger partial charge in [-0.1, -0.05) is 0 Å². The van der Waals surface area contributed by atoms with Crippen molar-refractivity contribution in [2.24, 2.45) is 0 Å². The Morgan fingerprint density at radius 1 is 1.57 bits per heavy atom. The van der Waals surface area contributed by atoms with Crippen molar-refractivity contribution < 1.29 is 9.21 Å². The summed E-state index contributed by atoms with van der Waals surface area (Å²) in [6.45, 7) is 3.64. The van der Waals surface area contributed by atoms with Crippen LogP contribution in [0.2, 0.25) is 0 Å². The van der Waals surface area contributed by atoms with Crippen molar-refractivity contribution in [1.29, 1.82) is 0 Å². The number of carbonyl (C=O) groups is 1. The van der Waals surface area contributed by atoms with Gasteiger partial charge in [0.2, 0.25) is 5.91 Å². The number of rotatable bonds is 4. The molecule has 0 radical (unpaired) electrons. The lowest BCUT2D eigenvalue weighted by molar-refractivity contribution is -0.132. The third-order valence-electron chi connectivity index (χ3n) is 4.08. The van der Waals surface area contributed by atoms with Gasteiger partial charge in [-0.05, 0) is 38.0 Å². The monoisotopic (exact) mass is 287 g/mol. The molecule has 3 rings (SSSR count). The number of piperidine rings is 1. The molecule has 112 valence electrons.